The molecule has 1 rings (SSSR count). The molecule has 1 aliphatic rings. The van der Waals surface area contributed by atoms with Gasteiger partial charge in [0, 0.05) is 13.2 Å². The quantitative estimate of drug-likeness (QED) is 0.671. The van der Waals surface area contributed by atoms with Crippen molar-refractivity contribution in [3.8, 4) is 6.07 Å². The molecule has 1 fully saturated rings. The molecule has 0 aromatic rings. The van der Waals surface area contributed by atoms with Crippen molar-refractivity contribution in [3.05, 3.63) is 0 Å². The molecule has 0 aliphatic carbocycles. The van der Waals surface area contributed by atoms with Gasteiger partial charge in [0.2, 0.25) is 0 Å². The van der Waals surface area contributed by atoms with Crippen LogP contribution in [0.2, 0.25) is 0 Å². The van der Waals surface area contributed by atoms with Crippen LogP contribution < -0.4 is 0 Å². The van der Waals surface area contributed by atoms with Gasteiger partial charge in [-0.15, -0.1) is 0 Å². The molecule has 1 unspecified atom stereocenters. The molecule has 0 bridgehead atoms. The van der Waals surface area contributed by atoms with E-state index in [1.165, 1.54) is 0 Å². The summed E-state index contributed by atoms with van der Waals surface area (Å²) >= 11 is 0. The van der Waals surface area contributed by atoms with E-state index >= 15 is 0 Å². The topological polar surface area (TPSA) is 47.3 Å². The lowest BCUT2D eigenvalue weighted by Crippen LogP contribution is -2.31. The molecule has 2 atom stereocenters. The average Bonchev–Trinajstić information content (AvgIpc) is 2.55. The van der Waals surface area contributed by atoms with Gasteiger partial charge in [0.25, 0.3) is 0 Å². The first-order valence-corrected chi connectivity index (χ1v) is 4.56. The van der Waals surface area contributed by atoms with Crippen molar-refractivity contribution in [2.45, 2.75) is 25.8 Å². The molecule has 1 heterocycles. The Hall–Kier alpha value is -0.590. The lowest BCUT2D eigenvalue weighted by molar-refractivity contribution is 0.211. The van der Waals surface area contributed by atoms with Crippen LogP contribution in [0.4, 0.5) is 0 Å². The molecule has 1 N–H and O–H groups in total. The summed E-state index contributed by atoms with van der Waals surface area (Å²) in [6.45, 7) is 4.15. The first-order valence-electron chi connectivity index (χ1n) is 4.56. The highest BCUT2D eigenvalue weighted by Crippen LogP contribution is 2.18. The van der Waals surface area contributed by atoms with Crippen LogP contribution in [0.15, 0.2) is 0 Å². The number of nitrogens with zero attached hydrogens (tertiary/aromatic N) is 2. The van der Waals surface area contributed by atoms with Gasteiger partial charge in [-0.3, -0.25) is 4.90 Å². The molecule has 0 aromatic carbocycles. The molecule has 0 radical (unpaired) electrons. The van der Waals surface area contributed by atoms with Crippen LogP contribution in [0.25, 0.3) is 0 Å². The van der Waals surface area contributed by atoms with E-state index in [2.05, 4.69) is 11.0 Å². The summed E-state index contributed by atoms with van der Waals surface area (Å²) < 4.78 is 0. The zero-order valence-corrected chi connectivity index (χ0v) is 7.53. The van der Waals surface area contributed by atoms with Crippen molar-refractivity contribution in [3.63, 3.8) is 0 Å². The minimum Gasteiger partial charge on any atom is -0.396 e. The Morgan fingerprint density at radius 1 is 1.75 bits per heavy atom. The van der Waals surface area contributed by atoms with Gasteiger partial charge in [-0.25, -0.2) is 0 Å². The largest absolute Gasteiger partial charge is 0.396 e. The van der Waals surface area contributed by atoms with Gasteiger partial charge in [-0.2, -0.15) is 5.26 Å². The van der Waals surface area contributed by atoms with E-state index < -0.39 is 0 Å². The van der Waals surface area contributed by atoms with E-state index in [1.807, 2.05) is 6.92 Å². The Morgan fingerprint density at radius 2 is 2.50 bits per heavy atom. The van der Waals surface area contributed by atoms with Crippen LogP contribution in [-0.2, 0) is 0 Å². The molecule has 0 saturated carbocycles. The van der Waals surface area contributed by atoms with E-state index in [4.69, 9.17) is 10.4 Å². The molecule has 1 aliphatic heterocycles. The molecule has 3 heteroatoms. The second-order valence-electron chi connectivity index (χ2n) is 3.39. The third kappa shape index (κ3) is 1.96. The highest BCUT2D eigenvalue weighted by atomic mass is 16.3. The summed E-state index contributed by atoms with van der Waals surface area (Å²) in [5.74, 6) is 0.396. The summed E-state index contributed by atoms with van der Waals surface area (Å²) in [4.78, 5) is 2.17. The smallest absolute Gasteiger partial charge is 0.0975 e. The Bertz CT molecular complexity index is 176. The first-order chi connectivity index (χ1) is 5.81. The number of aliphatic hydroxyl groups excluding tert-OH is 1. The predicted octanol–water partition coefficient (Wildman–Crippen LogP) is 0.603. The summed E-state index contributed by atoms with van der Waals surface area (Å²) in [5, 5.41) is 17.7. The summed E-state index contributed by atoms with van der Waals surface area (Å²) in [5.41, 5.74) is 0. The second kappa shape index (κ2) is 4.44. The minimum absolute atomic E-state index is 0.0570. The highest BCUT2D eigenvalue weighted by molar-refractivity contribution is 4.93. The number of aliphatic hydroxyl groups is 1. The van der Waals surface area contributed by atoms with Gasteiger partial charge < -0.3 is 5.11 Å². The van der Waals surface area contributed by atoms with Gasteiger partial charge in [0.05, 0.1) is 12.1 Å². The van der Waals surface area contributed by atoms with Crippen molar-refractivity contribution in [2.75, 3.05) is 19.7 Å². The van der Waals surface area contributed by atoms with E-state index in [0.29, 0.717) is 5.92 Å². The fourth-order valence-corrected chi connectivity index (χ4v) is 1.73. The maximum Gasteiger partial charge on any atom is 0.0975 e. The zero-order chi connectivity index (χ0) is 8.97. The fourth-order valence-electron chi connectivity index (χ4n) is 1.73. The third-order valence-corrected chi connectivity index (χ3v) is 2.55. The molecular weight excluding hydrogens is 152 g/mol. The van der Waals surface area contributed by atoms with Crippen molar-refractivity contribution in [2.24, 2.45) is 5.92 Å². The van der Waals surface area contributed by atoms with Gasteiger partial charge in [0.1, 0.15) is 0 Å². The fraction of sp³-hybridized carbons (Fsp3) is 0.889. The Labute approximate surface area is 73.6 Å². The lowest BCUT2D eigenvalue weighted by atomic mass is 10.1. The maximum absolute atomic E-state index is 8.90. The van der Waals surface area contributed by atoms with Crippen LogP contribution in [0.3, 0.4) is 0 Å². The first kappa shape index (κ1) is 9.50. The van der Waals surface area contributed by atoms with Crippen molar-refractivity contribution in [1.82, 2.24) is 4.90 Å². The van der Waals surface area contributed by atoms with Crippen molar-refractivity contribution in [1.29, 1.82) is 5.26 Å². The molecule has 68 valence electrons. The molecule has 1 saturated heterocycles. The monoisotopic (exact) mass is 168 g/mol. The van der Waals surface area contributed by atoms with Crippen LogP contribution in [-0.4, -0.2) is 35.7 Å². The second-order valence-corrected chi connectivity index (χ2v) is 3.39. The van der Waals surface area contributed by atoms with Gasteiger partial charge in [-0.1, -0.05) is 6.92 Å². The van der Waals surface area contributed by atoms with Gasteiger partial charge in [0.15, 0.2) is 0 Å². The molecule has 0 aromatic heterocycles. The number of rotatable bonds is 3. The molecule has 3 nitrogen and oxygen atoms in total. The van der Waals surface area contributed by atoms with Gasteiger partial charge in [-0.05, 0) is 25.3 Å². The summed E-state index contributed by atoms with van der Waals surface area (Å²) in [6.07, 6.45) is 1.92. The number of hydrogen-bond donors (Lipinski definition) is 1. The number of hydrogen-bond acceptors (Lipinski definition) is 3. The third-order valence-electron chi connectivity index (χ3n) is 2.55. The van der Waals surface area contributed by atoms with E-state index in [0.717, 1.165) is 25.9 Å². The van der Waals surface area contributed by atoms with Crippen LogP contribution in [0.1, 0.15) is 19.8 Å². The maximum atomic E-state index is 8.90. The Balaban J connectivity index is 2.40. The zero-order valence-electron chi connectivity index (χ0n) is 7.53. The molecular formula is C9H16N2O. The molecule has 0 amide bonds. The van der Waals surface area contributed by atoms with Crippen LogP contribution in [0.5, 0.6) is 0 Å². The van der Waals surface area contributed by atoms with E-state index in [9.17, 15) is 0 Å². The summed E-state index contributed by atoms with van der Waals surface area (Å²) in [7, 11) is 0. The number of nitriles is 1. The highest BCUT2D eigenvalue weighted by Gasteiger charge is 2.26. The predicted molar refractivity (Wildman–Crippen MR) is 46.5 cm³/mol. The Morgan fingerprint density at radius 3 is 2.92 bits per heavy atom. The molecule has 12 heavy (non-hydrogen) atoms. The van der Waals surface area contributed by atoms with Crippen LogP contribution >= 0.6 is 0 Å². The van der Waals surface area contributed by atoms with Crippen molar-refractivity contribution < 1.29 is 5.11 Å². The number of likely N-dealkylation sites (tertiary alicyclic amines) is 1. The minimum atomic E-state index is 0.0570. The van der Waals surface area contributed by atoms with Crippen LogP contribution in [0, 0.1) is 17.2 Å². The van der Waals surface area contributed by atoms with E-state index in [1.54, 1.807) is 0 Å². The van der Waals surface area contributed by atoms with Crippen molar-refractivity contribution >= 4 is 0 Å². The standard InChI is InChI=1S/C9H16N2O/c1-2-9(5-10)11-4-3-8(6-11)7-12/h8-9,12H,2-4,6-7H2,1H3/t8-,9?/m1/s1. The summed E-state index contributed by atoms with van der Waals surface area (Å²) in [6, 6.07) is 2.34. The molecule has 0 spiro atoms. The normalized spacial score (nSPS) is 26.9. The SMILES string of the molecule is CCC(C#N)N1CC[C@@H](CO)C1. The lowest BCUT2D eigenvalue weighted by Gasteiger charge is -2.19. The Kier molecular flexibility index (Phi) is 3.51. The average molecular weight is 168 g/mol. The van der Waals surface area contributed by atoms with E-state index in [-0.39, 0.29) is 12.6 Å². The van der Waals surface area contributed by atoms with Gasteiger partial charge >= 0.3 is 0 Å².